The highest BCUT2D eigenvalue weighted by Gasteiger charge is 2.19. The van der Waals surface area contributed by atoms with E-state index in [4.69, 9.17) is 10.00 Å². The Kier molecular flexibility index (Phi) is 5.88. The summed E-state index contributed by atoms with van der Waals surface area (Å²) in [6, 6.07) is 10.6. The Bertz CT molecular complexity index is 453. The number of benzene rings is 1. The van der Waals surface area contributed by atoms with Gasteiger partial charge in [-0.15, -0.1) is 0 Å². The second-order valence-corrected chi connectivity index (χ2v) is 5.66. The van der Waals surface area contributed by atoms with Crippen molar-refractivity contribution in [2.24, 2.45) is 5.92 Å². The van der Waals surface area contributed by atoms with Crippen molar-refractivity contribution in [3.05, 3.63) is 29.8 Å². The largest absolute Gasteiger partial charge is 0.478 e. The summed E-state index contributed by atoms with van der Waals surface area (Å²) in [5, 5.41) is 12.3. The number of nitriles is 1. The van der Waals surface area contributed by atoms with Gasteiger partial charge in [-0.3, -0.25) is 0 Å². The molecule has 1 N–H and O–H groups in total. The van der Waals surface area contributed by atoms with E-state index < -0.39 is 0 Å². The number of para-hydroxylation sites is 1. The molecular formula is C17H24N2O. The van der Waals surface area contributed by atoms with Crippen LogP contribution in [0.3, 0.4) is 0 Å². The molecule has 3 heteroatoms. The maximum absolute atomic E-state index is 8.63. The number of nitrogens with zero attached hydrogens (tertiary/aromatic N) is 1. The first-order chi connectivity index (χ1) is 9.81. The van der Waals surface area contributed by atoms with Crippen LogP contribution in [-0.2, 0) is 6.54 Å². The number of hydrogen-bond donors (Lipinski definition) is 1. The maximum atomic E-state index is 8.63. The monoisotopic (exact) mass is 272 g/mol. The van der Waals surface area contributed by atoms with E-state index >= 15 is 0 Å². The van der Waals surface area contributed by atoms with Crippen LogP contribution in [0.1, 0.15) is 44.6 Å². The Hall–Kier alpha value is -1.53. The summed E-state index contributed by atoms with van der Waals surface area (Å²) in [6.45, 7) is 3.27. The summed E-state index contributed by atoms with van der Waals surface area (Å²) in [7, 11) is 0. The molecular weight excluding hydrogens is 248 g/mol. The van der Waals surface area contributed by atoms with E-state index in [0.29, 0.717) is 6.04 Å². The highest BCUT2D eigenvalue weighted by Crippen LogP contribution is 2.24. The van der Waals surface area contributed by atoms with Gasteiger partial charge in [-0.05, 0) is 24.8 Å². The first-order valence-electron chi connectivity index (χ1n) is 7.62. The molecule has 1 aliphatic rings. The topological polar surface area (TPSA) is 45.0 Å². The minimum atomic E-state index is 0.108. The van der Waals surface area contributed by atoms with Crippen molar-refractivity contribution in [2.75, 3.05) is 6.61 Å². The van der Waals surface area contributed by atoms with Crippen molar-refractivity contribution in [3.63, 3.8) is 0 Å². The van der Waals surface area contributed by atoms with Crippen LogP contribution < -0.4 is 10.1 Å². The molecule has 108 valence electrons. The molecule has 20 heavy (non-hydrogen) atoms. The van der Waals surface area contributed by atoms with Crippen molar-refractivity contribution in [3.8, 4) is 11.8 Å². The van der Waals surface area contributed by atoms with Crippen LogP contribution in [-0.4, -0.2) is 12.6 Å². The highest BCUT2D eigenvalue weighted by molar-refractivity contribution is 5.33. The van der Waals surface area contributed by atoms with Crippen LogP contribution in [0.5, 0.6) is 5.75 Å². The van der Waals surface area contributed by atoms with Crippen LogP contribution in [0, 0.1) is 17.2 Å². The number of rotatable bonds is 5. The second-order valence-electron chi connectivity index (χ2n) is 5.66. The third-order valence-corrected chi connectivity index (χ3v) is 4.18. The molecule has 2 unspecified atom stereocenters. The molecule has 0 heterocycles. The van der Waals surface area contributed by atoms with E-state index in [-0.39, 0.29) is 6.61 Å². The van der Waals surface area contributed by atoms with Crippen molar-refractivity contribution in [2.45, 2.75) is 51.6 Å². The normalized spacial score (nSPS) is 22.8. The van der Waals surface area contributed by atoms with Gasteiger partial charge >= 0.3 is 0 Å². The highest BCUT2D eigenvalue weighted by atomic mass is 16.5. The summed E-state index contributed by atoms with van der Waals surface area (Å²) in [4.78, 5) is 0. The van der Waals surface area contributed by atoms with E-state index in [1.807, 2.05) is 24.3 Å². The van der Waals surface area contributed by atoms with Gasteiger partial charge in [0, 0.05) is 18.2 Å². The quantitative estimate of drug-likeness (QED) is 0.832. The van der Waals surface area contributed by atoms with Crippen molar-refractivity contribution >= 4 is 0 Å². The first kappa shape index (κ1) is 14.9. The molecule has 0 bridgehead atoms. The number of ether oxygens (including phenoxy) is 1. The van der Waals surface area contributed by atoms with Crippen molar-refractivity contribution in [1.29, 1.82) is 5.26 Å². The Morgan fingerprint density at radius 2 is 2.05 bits per heavy atom. The van der Waals surface area contributed by atoms with Gasteiger partial charge in [-0.1, -0.05) is 44.4 Å². The number of nitrogens with one attached hydrogen (secondary N) is 1. The third-order valence-electron chi connectivity index (χ3n) is 4.18. The average molecular weight is 272 g/mol. The lowest BCUT2D eigenvalue weighted by Gasteiger charge is -2.23. The summed E-state index contributed by atoms with van der Waals surface area (Å²) in [5.74, 6) is 1.56. The zero-order chi connectivity index (χ0) is 14.2. The van der Waals surface area contributed by atoms with Gasteiger partial charge in [0.25, 0.3) is 0 Å². The molecule has 0 radical (unpaired) electrons. The number of hydrogen-bond acceptors (Lipinski definition) is 3. The first-order valence-corrected chi connectivity index (χ1v) is 7.62. The standard InChI is InChI=1S/C17H24N2O/c1-14-7-3-2-4-9-16(14)19-13-15-8-5-6-10-17(15)20-12-11-18/h5-6,8,10,14,16,19H,2-4,7,9,12-13H2,1H3. The minimum Gasteiger partial charge on any atom is -0.478 e. The predicted octanol–water partition coefficient (Wildman–Crippen LogP) is 3.65. The summed E-state index contributed by atoms with van der Waals surface area (Å²) < 4.78 is 5.48. The molecule has 0 saturated heterocycles. The molecule has 0 aromatic heterocycles. The fourth-order valence-electron chi connectivity index (χ4n) is 2.94. The Morgan fingerprint density at radius 3 is 2.90 bits per heavy atom. The smallest absolute Gasteiger partial charge is 0.174 e. The lowest BCUT2D eigenvalue weighted by molar-refractivity contribution is 0.342. The summed E-state index contributed by atoms with van der Waals surface area (Å²) >= 11 is 0. The molecule has 0 spiro atoms. The average Bonchev–Trinajstić information content (AvgIpc) is 2.68. The lowest BCUT2D eigenvalue weighted by atomic mass is 9.97. The molecule has 0 aliphatic heterocycles. The van der Waals surface area contributed by atoms with Crippen LogP contribution in [0.15, 0.2) is 24.3 Å². The SMILES string of the molecule is CC1CCCCCC1NCc1ccccc1OCC#N. The van der Waals surface area contributed by atoms with Gasteiger partial charge in [0.05, 0.1) is 0 Å². The van der Waals surface area contributed by atoms with Crippen LogP contribution in [0.25, 0.3) is 0 Å². The zero-order valence-electron chi connectivity index (χ0n) is 12.3. The molecule has 1 aromatic carbocycles. The van der Waals surface area contributed by atoms with E-state index in [9.17, 15) is 0 Å². The van der Waals surface area contributed by atoms with Gasteiger partial charge in [0.15, 0.2) is 6.61 Å². The minimum absolute atomic E-state index is 0.108. The second kappa shape index (κ2) is 7.91. The van der Waals surface area contributed by atoms with Gasteiger partial charge in [-0.25, -0.2) is 0 Å². The predicted molar refractivity (Wildman–Crippen MR) is 80.4 cm³/mol. The molecule has 2 atom stereocenters. The third kappa shape index (κ3) is 4.25. The van der Waals surface area contributed by atoms with E-state index in [2.05, 4.69) is 18.3 Å². The lowest BCUT2D eigenvalue weighted by Crippen LogP contribution is -2.33. The maximum Gasteiger partial charge on any atom is 0.174 e. The van der Waals surface area contributed by atoms with Gasteiger partial charge < -0.3 is 10.1 Å². The molecule has 1 aromatic rings. The summed E-state index contributed by atoms with van der Waals surface area (Å²) in [5.41, 5.74) is 1.14. The fraction of sp³-hybridized carbons (Fsp3) is 0.588. The van der Waals surface area contributed by atoms with E-state index in [1.54, 1.807) is 0 Å². The Balaban J connectivity index is 1.94. The summed E-state index contributed by atoms with van der Waals surface area (Å²) in [6.07, 6.45) is 6.65. The molecule has 2 rings (SSSR count). The molecule has 1 aliphatic carbocycles. The van der Waals surface area contributed by atoms with E-state index in [0.717, 1.165) is 23.8 Å². The van der Waals surface area contributed by atoms with Crippen molar-refractivity contribution < 1.29 is 4.74 Å². The molecule has 3 nitrogen and oxygen atoms in total. The van der Waals surface area contributed by atoms with Gasteiger partial charge in [0.2, 0.25) is 0 Å². The zero-order valence-corrected chi connectivity index (χ0v) is 12.3. The molecule has 0 amide bonds. The molecule has 1 fully saturated rings. The molecule has 1 saturated carbocycles. The van der Waals surface area contributed by atoms with E-state index in [1.165, 1.54) is 32.1 Å². The van der Waals surface area contributed by atoms with Crippen LogP contribution >= 0.6 is 0 Å². The van der Waals surface area contributed by atoms with Crippen LogP contribution in [0.4, 0.5) is 0 Å². The Labute approximate surface area is 121 Å². The van der Waals surface area contributed by atoms with Crippen LogP contribution in [0.2, 0.25) is 0 Å². The van der Waals surface area contributed by atoms with Gasteiger partial charge in [-0.2, -0.15) is 5.26 Å². The van der Waals surface area contributed by atoms with Crippen molar-refractivity contribution in [1.82, 2.24) is 5.32 Å². The van der Waals surface area contributed by atoms with Gasteiger partial charge in [0.1, 0.15) is 11.8 Å². The fourth-order valence-corrected chi connectivity index (χ4v) is 2.94. The Morgan fingerprint density at radius 1 is 1.25 bits per heavy atom.